The van der Waals surface area contributed by atoms with Crippen molar-refractivity contribution in [3.05, 3.63) is 99.6 Å². The van der Waals surface area contributed by atoms with Gasteiger partial charge in [0.15, 0.2) is 0 Å². The van der Waals surface area contributed by atoms with E-state index in [4.69, 9.17) is 4.98 Å². The second-order valence-electron chi connectivity index (χ2n) is 7.38. The first-order valence-electron chi connectivity index (χ1n) is 10.3. The van der Waals surface area contributed by atoms with Gasteiger partial charge in [0.1, 0.15) is 11.1 Å². The lowest BCUT2D eigenvalue weighted by Crippen LogP contribution is -2.15. The van der Waals surface area contributed by atoms with Gasteiger partial charge in [-0.25, -0.2) is 4.98 Å². The molecule has 0 aliphatic heterocycles. The van der Waals surface area contributed by atoms with Gasteiger partial charge in [0, 0.05) is 20.4 Å². The van der Waals surface area contributed by atoms with Crippen molar-refractivity contribution in [1.29, 1.82) is 5.26 Å². The van der Waals surface area contributed by atoms with E-state index >= 15 is 0 Å². The molecule has 4 rings (SSSR count). The molecule has 0 saturated heterocycles. The molecule has 1 aromatic heterocycles. The number of nitriles is 1. The fourth-order valence-electron chi connectivity index (χ4n) is 3.42. The van der Waals surface area contributed by atoms with E-state index in [-0.39, 0.29) is 11.7 Å². The molecule has 4 nitrogen and oxygen atoms in total. The molecule has 0 fully saturated rings. The molecule has 162 valence electrons. The Morgan fingerprint density at radius 1 is 1.00 bits per heavy atom. The monoisotopic (exact) mass is 561 g/mol. The molecule has 0 aliphatic rings. The maximum absolute atomic E-state index is 12.7. The van der Waals surface area contributed by atoms with Crippen LogP contribution in [0.2, 0.25) is 0 Å². The predicted octanol–water partition coefficient (Wildman–Crippen LogP) is 6.93. The Labute approximate surface area is 211 Å². The summed E-state index contributed by atoms with van der Waals surface area (Å²) in [4.78, 5) is 17.5. The number of nitrogens with zero attached hydrogens (tertiary/aromatic N) is 2. The molecule has 3 aromatic carbocycles. The minimum atomic E-state index is -0.138. The second kappa shape index (κ2) is 10.6. The number of halogens is 1. The van der Waals surface area contributed by atoms with Crippen LogP contribution in [-0.2, 0) is 4.79 Å². The van der Waals surface area contributed by atoms with Crippen LogP contribution in [0.5, 0.6) is 0 Å². The average Bonchev–Trinajstić information content (AvgIpc) is 2.85. The molecular formula is C27H20IN3OS. The summed E-state index contributed by atoms with van der Waals surface area (Å²) in [6, 6.07) is 29.8. The van der Waals surface area contributed by atoms with Crippen molar-refractivity contribution in [1.82, 2.24) is 4.98 Å². The summed E-state index contributed by atoms with van der Waals surface area (Å²) in [6.07, 6.45) is 0. The number of amides is 1. The fourth-order valence-corrected chi connectivity index (χ4v) is 4.87. The van der Waals surface area contributed by atoms with Crippen molar-refractivity contribution in [2.75, 3.05) is 11.1 Å². The van der Waals surface area contributed by atoms with Gasteiger partial charge in [-0.2, -0.15) is 5.26 Å². The Balaban J connectivity index is 1.66. The third kappa shape index (κ3) is 5.62. The highest BCUT2D eigenvalue weighted by atomic mass is 127. The summed E-state index contributed by atoms with van der Waals surface area (Å²) < 4.78 is 1.12. The molecule has 0 atom stereocenters. The van der Waals surface area contributed by atoms with Crippen LogP contribution in [0, 0.1) is 21.8 Å². The summed E-state index contributed by atoms with van der Waals surface area (Å²) in [5.74, 6) is 0.0147. The molecule has 6 heteroatoms. The number of thioether (sulfide) groups is 1. The van der Waals surface area contributed by atoms with Gasteiger partial charge < -0.3 is 5.32 Å². The quantitative estimate of drug-likeness (QED) is 0.205. The summed E-state index contributed by atoms with van der Waals surface area (Å²) in [7, 11) is 0. The SMILES string of the molecule is Cc1cc(I)ccc1NC(=O)CSc1nc(-c2ccccc2)cc(-c2ccccc2)c1C#N. The summed E-state index contributed by atoms with van der Waals surface area (Å²) in [5.41, 5.74) is 5.75. The van der Waals surface area contributed by atoms with Crippen LogP contribution in [0.15, 0.2) is 90.0 Å². The van der Waals surface area contributed by atoms with Gasteiger partial charge in [-0.1, -0.05) is 72.4 Å². The lowest BCUT2D eigenvalue weighted by molar-refractivity contribution is -0.113. The minimum absolute atomic E-state index is 0.138. The minimum Gasteiger partial charge on any atom is -0.325 e. The van der Waals surface area contributed by atoms with Gasteiger partial charge in [-0.05, 0) is 64.9 Å². The molecule has 0 saturated carbocycles. The lowest BCUT2D eigenvalue weighted by atomic mass is 9.99. The molecule has 0 unspecified atom stereocenters. The van der Waals surface area contributed by atoms with Gasteiger partial charge in [0.05, 0.1) is 17.0 Å². The van der Waals surface area contributed by atoms with Crippen LogP contribution in [0.3, 0.4) is 0 Å². The number of hydrogen-bond donors (Lipinski definition) is 1. The Hall–Kier alpha value is -3.15. The summed E-state index contributed by atoms with van der Waals surface area (Å²) in [6.45, 7) is 1.97. The normalized spacial score (nSPS) is 10.5. The first-order chi connectivity index (χ1) is 16.0. The van der Waals surface area contributed by atoms with Gasteiger partial charge in [-0.15, -0.1) is 0 Å². The van der Waals surface area contributed by atoms with Crippen molar-refractivity contribution >= 4 is 45.9 Å². The number of carbonyl (C=O) groups excluding carboxylic acids is 1. The zero-order chi connectivity index (χ0) is 23.2. The highest BCUT2D eigenvalue weighted by Crippen LogP contribution is 2.34. The second-order valence-corrected chi connectivity index (χ2v) is 9.58. The van der Waals surface area contributed by atoms with E-state index in [0.29, 0.717) is 10.6 Å². The van der Waals surface area contributed by atoms with E-state index in [2.05, 4.69) is 34.0 Å². The predicted molar refractivity (Wildman–Crippen MR) is 143 cm³/mol. The van der Waals surface area contributed by atoms with Gasteiger partial charge >= 0.3 is 0 Å². The van der Waals surface area contributed by atoms with Crippen LogP contribution in [-0.4, -0.2) is 16.6 Å². The Morgan fingerprint density at radius 3 is 2.30 bits per heavy atom. The van der Waals surface area contributed by atoms with Crippen molar-refractivity contribution in [3.8, 4) is 28.5 Å². The van der Waals surface area contributed by atoms with E-state index in [9.17, 15) is 10.1 Å². The molecule has 4 aromatic rings. The highest BCUT2D eigenvalue weighted by Gasteiger charge is 2.17. The molecular weight excluding hydrogens is 541 g/mol. The fraction of sp³-hybridized carbons (Fsp3) is 0.0741. The van der Waals surface area contributed by atoms with E-state index in [1.807, 2.05) is 91.9 Å². The number of aryl methyl sites for hydroxylation is 1. The standard InChI is InChI=1S/C27H20IN3OS/c1-18-14-21(28)12-13-24(18)30-26(32)17-33-27-23(16-29)22(19-8-4-2-5-9-19)15-25(31-27)20-10-6-3-7-11-20/h2-15H,17H2,1H3,(H,30,32). The highest BCUT2D eigenvalue weighted by molar-refractivity contribution is 14.1. The zero-order valence-electron chi connectivity index (χ0n) is 17.9. The number of pyridine rings is 1. The van der Waals surface area contributed by atoms with Crippen molar-refractivity contribution in [2.45, 2.75) is 11.9 Å². The lowest BCUT2D eigenvalue weighted by Gasteiger charge is -2.13. The number of benzene rings is 3. The molecule has 0 spiro atoms. The van der Waals surface area contributed by atoms with Gasteiger partial charge in [0.25, 0.3) is 0 Å². The zero-order valence-corrected chi connectivity index (χ0v) is 20.9. The van der Waals surface area contributed by atoms with E-state index in [0.717, 1.165) is 37.2 Å². The summed E-state index contributed by atoms with van der Waals surface area (Å²) in [5, 5.41) is 13.5. The number of carbonyl (C=O) groups is 1. The molecule has 1 amide bonds. The van der Waals surface area contributed by atoms with E-state index < -0.39 is 0 Å². The molecule has 0 bridgehead atoms. The number of rotatable bonds is 6. The van der Waals surface area contributed by atoms with Crippen LogP contribution < -0.4 is 5.32 Å². The molecule has 33 heavy (non-hydrogen) atoms. The number of nitrogens with one attached hydrogen (secondary N) is 1. The maximum Gasteiger partial charge on any atom is 0.234 e. The van der Waals surface area contributed by atoms with Gasteiger partial charge in [0.2, 0.25) is 5.91 Å². The van der Waals surface area contributed by atoms with Crippen LogP contribution >= 0.6 is 34.4 Å². The Bertz CT molecular complexity index is 1340. The van der Waals surface area contributed by atoms with Crippen LogP contribution in [0.25, 0.3) is 22.4 Å². The first kappa shape index (κ1) is 23.0. The molecule has 0 aliphatic carbocycles. The summed E-state index contributed by atoms with van der Waals surface area (Å²) >= 11 is 3.53. The smallest absolute Gasteiger partial charge is 0.234 e. The van der Waals surface area contributed by atoms with Crippen molar-refractivity contribution < 1.29 is 4.79 Å². The Morgan fingerprint density at radius 2 is 1.67 bits per heavy atom. The van der Waals surface area contributed by atoms with Crippen LogP contribution in [0.1, 0.15) is 11.1 Å². The van der Waals surface area contributed by atoms with E-state index in [1.165, 1.54) is 11.8 Å². The third-order valence-corrected chi connectivity index (χ3v) is 6.70. The molecule has 1 N–H and O–H groups in total. The number of hydrogen-bond acceptors (Lipinski definition) is 4. The molecule has 0 radical (unpaired) electrons. The van der Waals surface area contributed by atoms with Crippen LogP contribution in [0.4, 0.5) is 5.69 Å². The number of aromatic nitrogens is 1. The first-order valence-corrected chi connectivity index (χ1v) is 12.4. The van der Waals surface area contributed by atoms with Gasteiger partial charge in [-0.3, -0.25) is 4.79 Å². The van der Waals surface area contributed by atoms with Crippen molar-refractivity contribution in [2.24, 2.45) is 0 Å². The maximum atomic E-state index is 12.7. The average molecular weight is 561 g/mol. The third-order valence-electron chi connectivity index (χ3n) is 5.05. The molecule has 1 heterocycles. The largest absolute Gasteiger partial charge is 0.325 e. The Kier molecular flexibility index (Phi) is 7.43. The number of anilines is 1. The van der Waals surface area contributed by atoms with Crippen molar-refractivity contribution in [3.63, 3.8) is 0 Å². The topological polar surface area (TPSA) is 65.8 Å². The van der Waals surface area contributed by atoms with E-state index in [1.54, 1.807) is 0 Å².